The van der Waals surface area contributed by atoms with Gasteiger partial charge in [0.25, 0.3) is 0 Å². The van der Waals surface area contributed by atoms with Gasteiger partial charge in [-0.05, 0) is 42.8 Å². The van der Waals surface area contributed by atoms with Gasteiger partial charge in [-0.15, -0.1) is 0 Å². The third kappa shape index (κ3) is 3.73. The lowest BCUT2D eigenvalue weighted by Gasteiger charge is -2.22. The summed E-state index contributed by atoms with van der Waals surface area (Å²) < 4.78 is 5.67. The first-order chi connectivity index (χ1) is 9.51. The van der Waals surface area contributed by atoms with Gasteiger partial charge in [0.15, 0.2) is 0 Å². The van der Waals surface area contributed by atoms with Gasteiger partial charge in [0.2, 0.25) is 0 Å². The van der Waals surface area contributed by atoms with E-state index in [-0.39, 0.29) is 6.61 Å². The van der Waals surface area contributed by atoms with Crippen LogP contribution in [0.1, 0.15) is 18.9 Å². The predicted molar refractivity (Wildman–Crippen MR) is 79.2 cm³/mol. The molecule has 0 heterocycles. The molecule has 3 nitrogen and oxygen atoms in total. The first kappa shape index (κ1) is 14.9. The monoisotopic (exact) mass is 292 g/mol. The molecule has 106 valence electrons. The van der Waals surface area contributed by atoms with Crippen molar-refractivity contribution in [2.75, 3.05) is 6.61 Å². The van der Waals surface area contributed by atoms with Crippen LogP contribution in [0.2, 0.25) is 5.02 Å². The maximum atomic E-state index is 10.2. The van der Waals surface area contributed by atoms with Gasteiger partial charge in [-0.2, -0.15) is 0 Å². The zero-order chi connectivity index (χ0) is 14.6. The quantitative estimate of drug-likeness (QED) is 0.883. The fourth-order valence-electron chi connectivity index (χ4n) is 1.91. The highest BCUT2D eigenvalue weighted by molar-refractivity contribution is 6.30. The van der Waals surface area contributed by atoms with E-state index >= 15 is 0 Å². The molecule has 0 bridgehead atoms. The molecule has 2 N–H and O–H groups in total. The van der Waals surface area contributed by atoms with E-state index in [4.69, 9.17) is 21.4 Å². The SMILES string of the molecule is CC(O)(CCO)c1ccc(Oc2cccc(Cl)c2)cc1. The summed E-state index contributed by atoms with van der Waals surface area (Å²) in [5.74, 6) is 1.32. The number of hydrogen-bond donors (Lipinski definition) is 2. The molecule has 2 rings (SSSR count). The molecule has 0 saturated heterocycles. The summed E-state index contributed by atoms with van der Waals surface area (Å²) in [6, 6.07) is 14.3. The molecular weight excluding hydrogens is 276 g/mol. The van der Waals surface area contributed by atoms with E-state index in [0.717, 1.165) is 5.56 Å². The zero-order valence-corrected chi connectivity index (χ0v) is 12.0. The van der Waals surface area contributed by atoms with E-state index in [2.05, 4.69) is 0 Å². The van der Waals surface area contributed by atoms with Gasteiger partial charge >= 0.3 is 0 Å². The number of benzene rings is 2. The molecule has 0 radical (unpaired) electrons. The Balaban J connectivity index is 2.12. The second-order valence-corrected chi connectivity index (χ2v) is 5.27. The van der Waals surface area contributed by atoms with Crippen LogP contribution in [0.25, 0.3) is 0 Å². The second-order valence-electron chi connectivity index (χ2n) is 4.83. The Morgan fingerprint density at radius 3 is 2.40 bits per heavy atom. The van der Waals surface area contributed by atoms with Gasteiger partial charge in [-0.3, -0.25) is 0 Å². The second kappa shape index (κ2) is 6.27. The van der Waals surface area contributed by atoms with Gasteiger partial charge in [-0.1, -0.05) is 29.8 Å². The van der Waals surface area contributed by atoms with E-state index in [1.807, 2.05) is 12.1 Å². The van der Waals surface area contributed by atoms with Crippen LogP contribution in [0.15, 0.2) is 48.5 Å². The maximum absolute atomic E-state index is 10.2. The Morgan fingerprint density at radius 2 is 1.80 bits per heavy atom. The lowest BCUT2D eigenvalue weighted by molar-refractivity contribution is 0.0299. The average molecular weight is 293 g/mol. The number of aliphatic hydroxyl groups is 2. The van der Waals surface area contributed by atoms with Crippen molar-refractivity contribution in [2.24, 2.45) is 0 Å². The topological polar surface area (TPSA) is 49.7 Å². The molecule has 1 unspecified atom stereocenters. The lowest BCUT2D eigenvalue weighted by atomic mass is 9.93. The van der Waals surface area contributed by atoms with Crippen LogP contribution in [0.4, 0.5) is 0 Å². The molecule has 0 amide bonds. The molecule has 0 aliphatic rings. The predicted octanol–water partition coefficient (Wildman–Crippen LogP) is 3.72. The van der Waals surface area contributed by atoms with Crippen LogP contribution in [0.5, 0.6) is 11.5 Å². The van der Waals surface area contributed by atoms with Gasteiger partial charge < -0.3 is 14.9 Å². The van der Waals surface area contributed by atoms with Gasteiger partial charge in [0.1, 0.15) is 11.5 Å². The Hall–Kier alpha value is -1.55. The third-order valence-corrected chi connectivity index (χ3v) is 3.34. The number of hydrogen-bond acceptors (Lipinski definition) is 3. The van der Waals surface area contributed by atoms with Crippen LogP contribution in [-0.4, -0.2) is 16.8 Å². The van der Waals surface area contributed by atoms with Crippen molar-refractivity contribution in [3.05, 3.63) is 59.1 Å². The maximum Gasteiger partial charge on any atom is 0.128 e. The van der Waals surface area contributed by atoms with E-state index in [1.54, 1.807) is 43.3 Å². The first-order valence-electron chi connectivity index (χ1n) is 6.38. The highest BCUT2D eigenvalue weighted by atomic mass is 35.5. The molecule has 2 aromatic carbocycles. The van der Waals surface area contributed by atoms with Gasteiger partial charge in [0, 0.05) is 18.1 Å². The van der Waals surface area contributed by atoms with Crippen molar-refractivity contribution in [1.29, 1.82) is 0 Å². The Morgan fingerprint density at radius 1 is 1.10 bits per heavy atom. The summed E-state index contributed by atoms with van der Waals surface area (Å²) in [6.45, 7) is 1.61. The van der Waals surface area contributed by atoms with Gasteiger partial charge in [-0.25, -0.2) is 0 Å². The number of rotatable bonds is 5. The summed E-state index contributed by atoms with van der Waals surface area (Å²) in [6.07, 6.45) is 0.293. The molecule has 0 spiro atoms. The van der Waals surface area contributed by atoms with Crippen LogP contribution in [-0.2, 0) is 5.60 Å². The van der Waals surface area contributed by atoms with Crippen LogP contribution >= 0.6 is 11.6 Å². The summed E-state index contributed by atoms with van der Waals surface area (Å²) in [5, 5.41) is 19.7. The number of aliphatic hydroxyl groups excluding tert-OH is 1. The molecule has 1 atom stereocenters. The molecule has 0 aliphatic heterocycles. The molecule has 0 aliphatic carbocycles. The number of halogens is 1. The van der Waals surface area contributed by atoms with Crippen molar-refractivity contribution in [1.82, 2.24) is 0 Å². The summed E-state index contributed by atoms with van der Waals surface area (Å²) in [7, 11) is 0. The van der Waals surface area contributed by atoms with Crippen molar-refractivity contribution >= 4 is 11.6 Å². The molecular formula is C16H17ClO3. The minimum absolute atomic E-state index is 0.0617. The standard InChI is InChI=1S/C16H17ClO3/c1-16(19,9-10-18)12-5-7-14(8-6-12)20-15-4-2-3-13(17)11-15/h2-8,11,18-19H,9-10H2,1H3. The van der Waals surface area contributed by atoms with Crippen LogP contribution in [0.3, 0.4) is 0 Å². The van der Waals surface area contributed by atoms with Crippen molar-refractivity contribution in [2.45, 2.75) is 18.9 Å². The molecule has 2 aromatic rings. The van der Waals surface area contributed by atoms with E-state index in [1.165, 1.54) is 0 Å². The summed E-state index contributed by atoms with van der Waals surface area (Å²) >= 11 is 5.89. The van der Waals surface area contributed by atoms with E-state index in [0.29, 0.717) is 22.9 Å². The van der Waals surface area contributed by atoms with Crippen molar-refractivity contribution in [3.8, 4) is 11.5 Å². The van der Waals surface area contributed by atoms with Crippen LogP contribution in [0, 0.1) is 0 Å². The van der Waals surface area contributed by atoms with E-state index < -0.39 is 5.60 Å². The number of ether oxygens (including phenoxy) is 1. The summed E-state index contributed by atoms with van der Waals surface area (Å²) in [5.41, 5.74) is -0.298. The highest BCUT2D eigenvalue weighted by Crippen LogP contribution is 2.28. The Bertz CT molecular complexity index is 564. The fraction of sp³-hybridized carbons (Fsp3) is 0.250. The average Bonchev–Trinajstić information content (AvgIpc) is 2.39. The van der Waals surface area contributed by atoms with Crippen molar-refractivity contribution < 1.29 is 14.9 Å². The lowest BCUT2D eigenvalue weighted by Crippen LogP contribution is -2.22. The molecule has 0 saturated carbocycles. The van der Waals surface area contributed by atoms with E-state index in [9.17, 15) is 5.11 Å². The third-order valence-electron chi connectivity index (χ3n) is 3.11. The molecule has 4 heteroatoms. The van der Waals surface area contributed by atoms with Crippen molar-refractivity contribution in [3.63, 3.8) is 0 Å². The van der Waals surface area contributed by atoms with Gasteiger partial charge in [0.05, 0.1) is 5.60 Å². The Kier molecular flexibility index (Phi) is 4.65. The minimum Gasteiger partial charge on any atom is -0.457 e. The van der Waals surface area contributed by atoms with Crippen LogP contribution < -0.4 is 4.74 Å². The molecule has 0 aromatic heterocycles. The Labute approximate surface area is 123 Å². The zero-order valence-electron chi connectivity index (χ0n) is 11.2. The minimum atomic E-state index is -1.04. The summed E-state index contributed by atoms with van der Waals surface area (Å²) in [4.78, 5) is 0. The first-order valence-corrected chi connectivity index (χ1v) is 6.76. The fourth-order valence-corrected chi connectivity index (χ4v) is 2.09. The highest BCUT2D eigenvalue weighted by Gasteiger charge is 2.22. The largest absolute Gasteiger partial charge is 0.457 e. The normalized spacial score (nSPS) is 13.8. The smallest absolute Gasteiger partial charge is 0.128 e. The molecule has 0 fully saturated rings. The molecule has 20 heavy (non-hydrogen) atoms.